The molecular formula is C21H28O6. The van der Waals surface area contributed by atoms with Crippen molar-refractivity contribution in [3.8, 4) is 0 Å². The molecule has 0 fully saturated rings. The first kappa shape index (κ1) is 22.4. The van der Waals surface area contributed by atoms with E-state index in [1.165, 1.54) is 6.08 Å². The van der Waals surface area contributed by atoms with Gasteiger partial charge in [0.05, 0.1) is 0 Å². The van der Waals surface area contributed by atoms with Gasteiger partial charge in [0.15, 0.2) is 5.92 Å². The SMILES string of the molecule is CC(C)(C)OC(=O)C(Cc1ccc(C=CC(=O)O)cc1)C(=O)OC(C)(C)C. The highest BCUT2D eigenvalue weighted by atomic mass is 16.6. The van der Waals surface area contributed by atoms with Crippen LogP contribution in [0.25, 0.3) is 6.08 Å². The minimum absolute atomic E-state index is 0.132. The maximum atomic E-state index is 12.5. The predicted octanol–water partition coefficient (Wildman–Crippen LogP) is 3.63. The number of carboxylic acid groups (broad SMARTS) is 1. The van der Waals surface area contributed by atoms with E-state index >= 15 is 0 Å². The second kappa shape index (κ2) is 8.84. The minimum Gasteiger partial charge on any atom is -0.478 e. The number of hydrogen-bond acceptors (Lipinski definition) is 5. The minimum atomic E-state index is -1.08. The van der Waals surface area contributed by atoms with E-state index in [1.54, 1.807) is 65.8 Å². The fourth-order valence-electron chi connectivity index (χ4n) is 2.18. The van der Waals surface area contributed by atoms with E-state index in [2.05, 4.69) is 0 Å². The molecule has 1 N–H and O–H groups in total. The van der Waals surface area contributed by atoms with Gasteiger partial charge in [-0.1, -0.05) is 24.3 Å². The Morgan fingerprint density at radius 1 is 0.926 bits per heavy atom. The highest BCUT2D eigenvalue weighted by Gasteiger charge is 2.34. The fraction of sp³-hybridized carbons (Fsp3) is 0.476. The maximum Gasteiger partial charge on any atom is 0.328 e. The van der Waals surface area contributed by atoms with Gasteiger partial charge in [0.1, 0.15) is 11.2 Å². The third kappa shape index (κ3) is 9.03. The molecule has 0 saturated carbocycles. The van der Waals surface area contributed by atoms with Gasteiger partial charge in [-0.05, 0) is 65.2 Å². The van der Waals surface area contributed by atoms with Crippen molar-refractivity contribution in [3.05, 3.63) is 41.5 Å². The molecule has 6 heteroatoms. The first-order valence-electron chi connectivity index (χ1n) is 8.72. The molecule has 0 aliphatic heterocycles. The molecule has 0 aliphatic carbocycles. The van der Waals surface area contributed by atoms with Gasteiger partial charge in [0.2, 0.25) is 0 Å². The van der Waals surface area contributed by atoms with Crippen LogP contribution in [-0.2, 0) is 30.3 Å². The molecule has 0 aromatic heterocycles. The highest BCUT2D eigenvalue weighted by Crippen LogP contribution is 2.20. The highest BCUT2D eigenvalue weighted by molar-refractivity contribution is 5.95. The summed E-state index contributed by atoms with van der Waals surface area (Å²) in [5.41, 5.74) is 0.00231. The number of carbonyl (C=O) groups excluding carboxylic acids is 2. The molecule has 0 radical (unpaired) electrons. The lowest BCUT2D eigenvalue weighted by Gasteiger charge is -2.26. The van der Waals surface area contributed by atoms with E-state index in [0.29, 0.717) is 5.56 Å². The molecule has 1 aromatic carbocycles. The molecule has 0 spiro atoms. The van der Waals surface area contributed by atoms with Crippen LogP contribution in [0.4, 0.5) is 0 Å². The van der Waals surface area contributed by atoms with Gasteiger partial charge < -0.3 is 14.6 Å². The van der Waals surface area contributed by atoms with Crippen LogP contribution in [0.3, 0.4) is 0 Å². The van der Waals surface area contributed by atoms with Crippen LogP contribution in [0, 0.1) is 5.92 Å². The summed E-state index contributed by atoms with van der Waals surface area (Å²) in [5, 5.41) is 8.67. The summed E-state index contributed by atoms with van der Waals surface area (Å²) in [6, 6.07) is 6.92. The topological polar surface area (TPSA) is 89.9 Å². The molecule has 0 saturated heterocycles. The van der Waals surface area contributed by atoms with Crippen LogP contribution in [0.2, 0.25) is 0 Å². The Labute approximate surface area is 160 Å². The van der Waals surface area contributed by atoms with Gasteiger partial charge in [-0.25, -0.2) is 4.79 Å². The van der Waals surface area contributed by atoms with E-state index < -0.39 is 35.0 Å². The maximum absolute atomic E-state index is 12.5. The summed E-state index contributed by atoms with van der Waals surface area (Å²) >= 11 is 0. The standard InChI is InChI=1S/C21H28O6/c1-20(2,3)26-18(24)16(19(25)27-21(4,5)6)13-15-9-7-14(8-10-15)11-12-17(22)23/h7-12,16H,13H2,1-6H3,(H,22,23). The quantitative estimate of drug-likeness (QED) is 0.463. The monoisotopic (exact) mass is 376 g/mol. The van der Waals surface area contributed by atoms with E-state index in [1.807, 2.05) is 0 Å². The predicted molar refractivity (Wildman–Crippen MR) is 102 cm³/mol. The molecule has 0 amide bonds. The number of carboxylic acids is 1. The van der Waals surface area contributed by atoms with Crippen LogP contribution in [-0.4, -0.2) is 34.2 Å². The number of esters is 2. The van der Waals surface area contributed by atoms with E-state index in [-0.39, 0.29) is 6.42 Å². The Morgan fingerprint density at radius 2 is 1.37 bits per heavy atom. The second-order valence-corrected chi connectivity index (χ2v) is 8.24. The third-order valence-electron chi connectivity index (χ3n) is 3.22. The number of aliphatic carboxylic acids is 1. The Kier molecular flexibility index (Phi) is 7.34. The van der Waals surface area contributed by atoms with Gasteiger partial charge in [-0.3, -0.25) is 9.59 Å². The first-order chi connectivity index (χ1) is 12.3. The molecule has 0 atom stereocenters. The second-order valence-electron chi connectivity index (χ2n) is 8.24. The lowest BCUT2D eigenvalue weighted by atomic mass is 9.97. The van der Waals surface area contributed by atoms with Crippen LogP contribution < -0.4 is 0 Å². The summed E-state index contributed by atoms with van der Waals surface area (Å²) < 4.78 is 10.8. The Hall–Kier alpha value is -2.63. The van der Waals surface area contributed by atoms with E-state index in [9.17, 15) is 14.4 Å². The fourth-order valence-corrected chi connectivity index (χ4v) is 2.18. The number of rotatable bonds is 6. The summed E-state index contributed by atoms with van der Waals surface area (Å²) in [7, 11) is 0. The van der Waals surface area contributed by atoms with Gasteiger partial charge in [0.25, 0.3) is 0 Å². The van der Waals surface area contributed by atoms with Gasteiger partial charge >= 0.3 is 17.9 Å². The van der Waals surface area contributed by atoms with Gasteiger partial charge in [-0.15, -0.1) is 0 Å². The zero-order valence-electron chi connectivity index (χ0n) is 16.7. The normalized spacial score (nSPS) is 12.3. The zero-order valence-corrected chi connectivity index (χ0v) is 16.7. The molecule has 0 bridgehead atoms. The molecule has 0 aliphatic rings. The Balaban J connectivity index is 3.00. The number of carbonyl (C=O) groups is 3. The lowest BCUT2D eigenvalue weighted by molar-refractivity contribution is -0.174. The summed E-state index contributed by atoms with van der Waals surface area (Å²) in [4.78, 5) is 35.6. The van der Waals surface area contributed by atoms with Crippen molar-refractivity contribution in [2.45, 2.75) is 59.2 Å². The summed E-state index contributed by atoms with van der Waals surface area (Å²) in [5.74, 6) is -3.38. The average Bonchev–Trinajstić information content (AvgIpc) is 2.48. The number of ether oxygens (including phenoxy) is 2. The zero-order chi connectivity index (χ0) is 20.8. The van der Waals surface area contributed by atoms with Crippen LogP contribution in [0.15, 0.2) is 30.3 Å². The molecule has 0 heterocycles. The molecule has 1 rings (SSSR count). The molecule has 0 unspecified atom stereocenters. The number of hydrogen-bond donors (Lipinski definition) is 1. The van der Waals surface area contributed by atoms with Crippen LogP contribution in [0.1, 0.15) is 52.7 Å². The summed E-state index contributed by atoms with van der Waals surface area (Å²) in [6.07, 6.45) is 2.64. The van der Waals surface area contributed by atoms with Crippen molar-refractivity contribution in [1.29, 1.82) is 0 Å². The molecule has 6 nitrogen and oxygen atoms in total. The van der Waals surface area contributed by atoms with Crippen molar-refractivity contribution >= 4 is 24.0 Å². The Bertz CT molecular complexity index is 674. The summed E-state index contributed by atoms with van der Waals surface area (Å²) in [6.45, 7) is 10.4. The lowest BCUT2D eigenvalue weighted by Crippen LogP contribution is -2.38. The molecule has 1 aromatic rings. The Morgan fingerprint density at radius 3 is 1.74 bits per heavy atom. The van der Waals surface area contributed by atoms with Crippen LogP contribution in [0.5, 0.6) is 0 Å². The first-order valence-corrected chi connectivity index (χ1v) is 8.72. The van der Waals surface area contributed by atoms with E-state index in [0.717, 1.165) is 11.6 Å². The molecule has 148 valence electrons. The van der Waals surface area contributed by atoms with Crippen molar-refractivity contribution in [2.24, 2.45) is 5.92 Å². The van der Waals surface area contributed by atoms with Crippen molar-refractivity contribution in [3.63, 3.8) is 0 Å². The van der Waals surface area contributed by atoms with Crippen molar-refractivity contribution in [2.75, 3.05) is 0 Å². The van der Waals surface area contributed by atoms with Gasteiger partial charge in [0, 0.05) is 6.08 Å². The third-order valence-corrected chi connectivity index (χ3v) is 3.22. The number of benzene rings is 1. The van der Waals surface area contributed by atoms with Crippen molar-refractivity contribution < 1.29 is 29.0 Å². The van der Waals surface area contributed by atoms with Gasteiger partial charge in [-0.2, -0.15) is 0 Å². The average molecular weight is 376 g/mol. The largest absolute Gasteiger partial charge is 0.478 e. The van der Waals surface area contributed by atoms with Crippen LogP contribution >= 0.6 is 0 Å². The van der Waals surface area contributed by atoms with E-state index in [4.69, 9.17) is 14.6 Å². The molecule has 27 heavy (non-hydrogen) atoms. The smallest absolute Gasteiger partial charge is 0.328 e. The molecular weight excluding hydrogens is 348 g/mol. The van der Waals surface area contributed by atoms with Crippen molar-refractivity contribution in [1.82, 2.24) is 0 Å².